The van der Waals surface area contributed by atoms with Gasteiger partial charge in [0.05, 0.1) is 5.02 Å². The minimum Gasteiger partial charge on any atom is -0.484 e. The number of ether oxygens (including phenoxy) is 1. The van der Waals surface area contributed by atoms with Crippen LogP contribution in [-0.2, 0) is 6.61 Å². The third-order valence-electron chi connectivity index (χ3n) is 3.73. The van der Waals surface area contributed by atoms with Crippen LogP contribution in [-0.4, -0.2) is 5.78 Å². The molecule has 2 aromatic carbocycles. The van der Waals surface area contributed by atoms with Gasteiger partial charge in [0.15, 0.2) is 5.78 Å². The summed E-state index contributed by atoms with van der Waals surface area (Å²) < 4.78 is 11.4. The number of ketones is 1. The number of halogens is 2. The molecule has 0 fully saturated rings. The number of hydrogen-bond donors (Lipinski definition) is 0. The van der Waals surface area contributed by atoms with Crippen LogP contribution >= 0.6 is 23.2 Å². The quantitative estimate of drug-likeness (QED) is 0.364. The van der Waals surface area contributed by atoms with E-state index in [0.717, 1.165) is 5.56 Å². The summed E-state index contributed by atoms with van der Waals surface area (Å²) in [6.45, 7) is 2.18. The highest BCUT2D eigenvalue weighted by atomic mass is 35.5. The summed E-state index contributed by atoms with van der Waals surface area (Å²) in [5.41, 5.74) is 1.52. The van der Waals surface area contributed by atoms with Gasteiger partial charge in [0, 0.05) is 10.6 Å². The van der Waals surface area contributed by atoms with E-state index in [1.165, 1.54) is 6.08 Å². The molecule has 5 heteroatoms. The van der Waals surface area contributed by atoms with Gasteiger partial charge in [-0.1, -0.05) is 35.3 Å². The van der Waals surface area contributed by atoms with Gasteiger partial charge in [-0.2, -0.15) is 0 Å². The second-order valence-corrected chi connectivity index (χ2v) is 6.53. The van der Waals surface area contributed by atoms with Crippen molar-refractivity contribution >= 4 is 35.1 Å². The molecule has 0 radical (unpaired) electrons. The summed E-state index contributed by atoms with van der Waals surface area (Å²) in [4.78, 5) is 12.1. The summed E-state index contributed by atoms with van der Waals surface area (Å²) in [6.07, 6.45) is 3.09. The molecule has 26 heavy (non-hydrogen) atoms. The zero-order valence-electron chi connectivity index (χ0n) is 14.0. The number of allylic oxidation sites excluding steroid dienone is 1. The summed E-state index contributed by atoms with van der Waals surface area (Å²) in [6, 6.07) is 15.9. The summed E-state index contributed by atoms with van der Waals surface area (Å²) in [5.74, 6) is 1.73. The molecule has 0 spiro atoms. The van der Waals surface area contributed by atoms with E-state index >= 15 is 0 Å². The number of para-hydroxylation sites is 1. The predicted molar refractivity (Wildman–Crippen MR) is 104 cm³/mol. The number of carbonyl (C=O) groups is 1. The van der Waals surface area contributed by atoms with E-state index in [1.54, 1.807) is 48.5 Å². The van der Waals surface area contributed by atoms with Crippen molar-refractivity contribution in [3.63, 3.8) is 0 Å². The number of aryl methyl sites for hydroxylation is 1. The maximum Gasteiger partial charge on any atom is 0.185 e. The molecule has 0 aliphatic heterocycles. The minimum atomic E-state index is -0.123. The second-order valence-electron chi connectivity index (χ2n) is 5.68. The Hall–Kier alpha value is -2.49. The molecule has 0 aliphatic rings. The van der Waals surface area contributed by atoms with Crippen molar-refractivity contribution in [3.05, 3.63) is 93.4 Å². The van der Waals surface area contributed by atoms with Crippen LogP contribution in [0.3, 0.4) is 0 Å². The summed E-state index contributed by atoms with van der Waals surface area (Å²) in [5, 5.41) is 1.15. The molecule has 0 N–H and O–H groups in total. The third-order valence-corrected chi connectivity index (χ3v) is 4.28. The maximum absolute atomic E-state index is 12.1. The van der Waals surface area contributed by atoms with Gasteiger partial charge in [0.2, 0.25) is 0 Å². The molecule has 132 valence electrons. The van der Waals surface area contributed by atoms with Crippen molar-refractivity contribution in [1.82, 2.24) is 0 Å². The van der Waals surface area contributed by atoms with Crippen LogP contribution in [0.2, 0.25) is 10.0 Å². The number of carbonyl (C=O) groups excluding carboxylic acids is 1. The van der Waals surface area contributed by atoms with E-state index in [1.807, 2.05) is 19.1 Å². The Kier molecular flexibility index (Phi) is 5.82. The molecule has 1 heterocycles. The van der Waals surface area contributed by atoms with Crippen molar-refractivity contribution in [3.8, 4) is 5.75 Å². The number of rotatable bonds is 6. The molecule has 0 amide bonds. The average Bonchev–Trinajstić information content (AvgIpc) is 3.08. The predicted octanol–water partition coefficient (Wildman–Crippen LogP) is 6.37. The molecule has 0 unspecified atom stereocenters. The van der Waals surface area contributed by atoms with Gasteiger partial charge in [0.25, 0.3) is 0 Å². The van der Waals surface area contributed by atoms with Gasteiger partial charge in [-0.3, -0.25) is 4.79 Å². The fraction of sp³-hybridized carbons (Fsp3) is 0.0952. The minimum absolute atomic E-state index is 0.123. The number of benzene rings is 2. The Balaban J connectivity index is 1.62. The lowest BCUT2D eigenvalue weighted by atomic mass is 10.1. The van der Waals surface area contributed by atoms with Crippen molar-refractivity contribution in [2.75, 3.05) is 0 Å². The Labute approximate surface area is 161 Å². The van der Waals surface area contributed by atoms with Gasteiger partial charge in [-0.15, -0.1) is 0 Å². The fourth-order valence-corrected chi connectivity index (χ4v) is 2.77. The van der Waals surface area contributed by atoms with Gasteiger partial charge < -0.3 is 9.15 Å². The van der Waals surface area contributed by atoms with E-state index in [0.29, 0.717) is 32.9 Å². The Morgan fingerprint density at radius 2 is 1.85 bits per heavy atom. The molecule has 0 saturated carbocycles. The first-order valence-electron chi connectivity index (χ1n) is 7.97. The number of hydrogen-bond acceptors (Lipinski definition) is 3. The first-order chi connectivity index (χ1) is 12.5. The Morgan fingerprint density at radius 3 is 2.58 bits per heavy atom. The van der Waals surface area contributed by atoms with Gasteiger partial charge in [0.1, 0.15) is 23.9 Å². The molecule has 0 saturated heterocycles. The normalized spacial score (nSPS) is 11.0. The molecular weight excluding hydrogens is 371 g/mol. The standard InChI is InChI=1S/C21H16Cl2O3/c1-14-3-2-4-19(23)21(14)25-13-18-10-9-17(26-18)11-12-20(24)15-5-7-16(22)8-6-15/h2-12H,13H2,1H3/b12-11+. The molecule has 3 rings (SSSR count). The lowest BCUT2D eigenvalue weighted by Gasteiger charge is -2.09. The zero-order chi connectivity index (χ0) is 18.5. The molecule has 1 aromatic heterocycles. The van der Waals surface area contributed by atoms with E-state index in [-0.39, 0.29) is 12.4 Å². The Bertz CT molecular complexity index is 920. The van der Waals surface area contributed by atoms with Crippen molar-refractivity contribution in [2.45, 2.75) is 13.5 Å². The lowest BCUT2D eigenvalue weighted by Crippen LogP contribution is -1.96. The van der Waals surface area contributed by atoms with Crippen LogP contribution in [0.5, 0.6) is 5.75 Å². The molecule has 3 nitrogen and oxygen atoms in total. The highest BCUT2D eigenvalue weighted by Crippen LogP contribution is 2.28. The first kappa shape index (κ1) is 18.3. The van der Waals surface area contributed by atoms with Crippen LogP contribution < -0.4 is 4.74 Å². The van der Waals surface area contributed by atoms with Crippen LogP contribution in [0.15, 0.2) is 65.1 Å². The van der Waals surface area contributed by atoms with Gasteiger partial charge >= 0.3 is 0 Å². The third kappa shape index (κ3) is 4.57. The van der Waals surface area contributed by atoms with E-state index in [4.69, 9.17) is 32.4 Å². The van der Waals surface area contributed by atoms with Gasteiger partial charge in [-0.25, -0.2) is 0 Å². The maximum atomic E-state index is 12.1. The molecule has 0 aliphatic carbocycles. The SMILES string of the molecule is Cc1cccc(Cl)c1OCc1ccc(/C=C/C(=O)c2ccc(Cl)cc2)o1. The molecule has 3 aromatic rings. The zero-order valence-corrected chi connectivity index (χ0v) is 15.6. The van der Waals surface area contributed by atoms with Crippen LogP contribution in [0, 0.1) is 6.92 Å². The monoisotopic (exact) mass is 386 g/mol. The number of furan rings is 1. The van der Waals surface area contributed by atoms with Crippen molar-refractivity contribution in [2.24, 2.45) is 0 Å². The summed E-state index contributed by atoms with van der Waals surface area (Å²) in [7, 11) is 0. The first-order valence-corrected chi connectivity index (χ1v) is 8.73. The average molecular weight is 387 g/mol. The van der Waals surface area contributed by atoms with E-state index in [9.17, 15) is 4.79 Å². The topological polar surface area (TPSA) is 39.4 Å². The highest BCUT2D eigenvalue weighted by molar-refractivity contribution is 6.32. The van der Waals surface area contributed by atoms with Crippen molar-refractivity contribution < 1.29 is 13.9 Å². The van der Waals surface area contributed by atoms with Crippen LogP contribution in [0.1, 0.15) is 27.4 Å². The smallest absolute Gasteiger partial charge is 0.185 e. The van der Waals surface area contributed by atoms with Gasteiger partial charge in [-0.05, 0) is 67.1 Å². The molecular formula is C21H16Cl2O3. The van der Waals surface area contributed by atoms with Crippen molar-refractivity contribution in [1.29, 1.82) is 0 Å². The highest BCUT2D eigenvalue weighted by Gasteiger charge is 2.07. The van der Waals surface area contributed by atoms with E-state index < -0.39 is 0 Å². The van der Waals surface area contributed by atoms with Crippen LogP contribution in [0.4, 0.5) is 0 Å². The second kappa shape index (κ2) is 8.26. The lowest BCUT2D eigenvalue weighted by molar-refractivity contribution is 0.104. The Morgan fingerprint density at radius 1 is 1.08 bits per heavy atom. The largest absolute Gasteiger partial charge is 0.484 e. The molecule has 0 bridgehead atoms. The van der Waals surface area contributed by atoms with Crippen LogP contribution in [0.25, 0.3) is 6.08 Å². The fourth-order valence-electron chi connectivity index (χ4n) is 2.37. The van der Waals surface area contributed by atoms with E-state index in [2.05, 4.69) is 0 Å². The summed E-state index contributed by atoms with van der Waals surface area (Å²) >= 11 is 12.0. The molecule has 0 atom stereocenters.